The molecule has 0 atom stereocenters. The fourth-order valence-corrected chi connectivity index (χ4v) is 4.15. The van der Waals surface area contributed by atoms with Crippen molar-refractivity contribution in [3.63, 3.8) is 0 Å². The first-order valence-corrected chi connectivity index (χ1v) is 10.7. The number of hydrogen-bond acceptors (Lipinski definition) is 6. The number of carbonyl (C=O) groups is 1. The molecule has 1 fully saturated rings. The second kappa shape index (κ2) is 9.25. The van der Waals surface area contributed by atoms with Crippen LogP contribution in [0.5, 0.6) is 11.5 Å². The van der Waals surface area contributed by atoms with Crippen LogP contribution in [0.2, 0.25) is 0 Å². The van der Waals surface area contributed by atoms with E-state index in [1.54, 1.807) is 14.2 Å². The smallest absolute Gasteiger partial charge is 0.309 e. The number of ether oxygens (including phenoxy) is 3. The first-order chi connectivity index (χ1) is 15.1. The van der Waals surface area contributed by atoms with Gasteiger partial charge in [-0.3, -0.25) is 4.79 Å². The highest BCUT2D eigenvalue weighted by atomic mass is 16.5. The van der Waals surface area contributed by atoms with Crippen LogP contribution in [0.15, 0.2) is 48.5 Å². The summed E-state index contributed by atoms with van der Waals surface area (Å²) in [6.07, 6.45) is 1.58. The van der Waals surface area contributed by atoms with Gasteiger partial charge in [0.15, 0.2) is 11.5 Å². The molecule has 1 aliphatic rings. The zero-order valence-corrected chi connectivity index (χ0v) is 18.3. The van der Waals surface area contributed by atoms with Crippen LogP contribution in [0.1, 0.15) is 19.8 Å². The average molecular weight is 421 g/mol. The van der Waals surface area contributed by atoms with Gasteiger partial charge in [0.1, 0.15) is 5.82 Å². The molecular formula is C25H28N2O4. The lowest BCUT2D eigenvalue weighted by Crippen LogP contribution is -2.37. The van der Waals surface area contributed by atoms with Gasteiger partial charge in [0.2, 0.25) is 0 Å². The third-order valence-corrected chi connectivity index (χ3v) is 5.84. The minimum Gasteiger partial charge on any atom is -0.493 e. The van der Waals surface area contributed by atoms with Crippen LogP contribution in [0.25, 0.3) is 22.0 Å². The molecule has 2 aromatic carbocycles. The molecule has 6 heteroatoms. The number of hydrogen-bond donors (Lipinski definition) is 0. The lowest BCUT2D eigenvalue weighted by atomic mass is 9.97. The van der Waals surface area contributed by atoms with Crippen molar-refractivity contribution in [3.05, 3.63) is 48.5 Å². The number of aromatic nitrogens is 1. The first-order valence-electron chi connectivity index (χ1n) is 10.7. The van der Waals surface area contributed by atoms with Gasteiger partial charge in [-0.1, -0.05) is 24.3 Å². The van der Waals surface area contributed by atoms with Crippen LogP contribution < -0.4 is 14.4 Å². The van der Waals surface area contributed by atoms with E-state index in [0.717, 1.165) is 53.8 Å². The maximum Gasteiger partial charge on any atom is 0.309 e. The molecular weight excluding hydrogens is 392 g/mol. The normalized spacial score (nSPS) is 14.5. The van der Waals surface area contributed by atoms with E-state index in [-0.39, 0.29) is 11.9 Å². The van der Waals surface area contributed by atoms with Gasteiger partial charge in [-0.15, -0.1) is 0 Å². The number of benzene rings is 2. The largest absolute Gasteiger partial charge is 0.493 e. The lowest BCUT2D eigenvalue weighted by molar-refractivity contribution is -0.148. The minimum absolute atomic E-state index is 0.0148. The summed E-state index contributed by atoms with van der Waals surface area (Å²) >= 11 is 0. The molecule has 0 unspecified atom stereocenters. The molecule has 0 bridgehead atoms. The molecule has 162 valence electrons. The van der Waals surface area contributed by atoms with Crippen molar-refractivity contribution >= 4 is 22.7 Å². The summed E-state index contributed by atoms with van der Waals surface area (Å²) in [5, 5.41) is 1.08. The summed E-state index contributed by atoms with van der Waals surface area (Å²) in [6.45, 7) is 3.87. The Hall–Kier alpha value is -3.28. The van der Waals surface area contributed by atoms with Crippen LogP contribution >= 0.6 is 0 Å². The number of nitrogens with zero attached hydrogens (tertiary/aromatic N) is 2. The van der Waals surface area contributed by atoms with E-state index in [0.29, 0.717) is 18.1 Å². The Balaban J connectivity index is 1.64. The molecule has 0 radical (unpaired) electrons. The van der Waals surface area contributed by atoms with E-state index in [4.69, 9.17) is 19.2 Å². The van der Waals surface area contributed by atoms with E-state index in [1.165, 1.54) is 0 Å². The molecule has 1 aliphatic heterocycles. The highest BCUT2D eigenvalue weighted by Gasteiger charge is 2.26. The van der Waals surface area contributed by atoms with Gasteiger partial charge < -0.3 is 19.1 Å². The average Bonchev–Trinajstić information content (AvgIpc) is 2.83. The summed E-state index contributed by atoms with van der Waals surface area (Å²) in [5.74, 6) is 2.23. The highest BCUT2D eigenvalue weighted by molar-refractivity contribution is 5.95. The number of rotatable bonds is 6. The fourth-order valence-electron chi connectivity index (χ4n) is 4.15. The quantitative estimate of drug-likeness (QED) is 0.539. The maximum atomic E-state index is 12.0. The third-order valence-electron chi connectivity index (χ3n) is 5.84. The fraction of sp³-hybridized carbons (Fsp3) is 0.360. The van der Waals surface area contributed by atoms with Gasteiger partial charge in [0.05, 0.1) is 32.3 Å². The van der Waals surface area contributed by atoms with E-state index >= 15 is 0 Å². The van der Waals surface area contributed by atoms with E-state index in [1.807, 2.05) is 31.2 Å². The lowest BCUT2D eigenvalue weighted by Gasteiger charge is -2.31. The maximum absolute atomic E-state index is 12.0. The molecule has 4 rings (SSSR count). The van der Waals surface area contributed by atoms with Gasteiger partial charge in [0.25, 0.3) is 0 Å². The predicted octanol–water partition coefficient (Wildman–Crippen LogP) is 4.70. The molecule has 0 amide bonds. The second-order valence-corrected chi connectivity index (χ2v) is 7.63. The summed E-state index contributed by atoms with van der Waals surface area (Å²) in [4.78, 5) is 19.3. The van der Waals surface area contributed by atoms with E-state index in [2.05, 4.69) is 29.2 Å². The van der Waals surface area contributed by atoms with Crippen LogP contribution in [0, 0.1) is 5.92 Å². The Bertz CT molecular complexity index is 1070. The van der Waals surface area contributed by atoms with Crippen LogP contribution in [0.4, 0.5) is 5.82 Å². The first kappa shape index (κ1) is 21.0. The number of anilines is 1. The highest BCUT2D eigenvalue weighted by Crippen LogP contribution is 2.35. The SMILES string of the molecule is CCOC(=O)C1CCN(c2ccc3cccc(-c4ccc(OC)c(OC)c4)c3n2)CC1. The summed E-state index contributed by atoms with van der Waals surface area (Å²) in [5.41, 5.74) is 3.01. The van der Waals surface area contributed by atoms with Gasteiger partial charge >= 0.3 is 5.97 Å². The Morgan fingerprint density at radius 3 is 2.52 bits per heavy atom. The molecule has 2 heterocycles. The summed E-state index contributed by atoms with van der Waals surface area (Å²) in [6, 6.07) is 16.3. The number of fused-ring (bicyclic) bond motifs is 1. The van der Waals surface area contributed by atoms with Crippen molar-refractivity contribution in [1.29, 1.82) is 0 Å². The van der Waals surface area contributed by atoms with Crippen LogP contribution in [-0.4, -0.2) is 44.9 Å². The number of pyridine rings is 1. The van der Waals surface area contributed by atoms with Crippen molar-refractivity contribution in [2.45, 2.75) is 19.8 Å². The van der Waals surface area contributed by atoms with Crippen molar-refractivity contribution < 1.29 is 19.0 Å². The van der Waals surface area contributed by atoms with E-state index in [9.17, 15) is 4.79 Å². The second-order valence-electron chi connectivity index (χ2n) is 7.63. The molecule has 6 nitrogen and oxygen atoms in total. The third kappa shape index (κ3) is 4.29. The Kier molecular flexibility index (Phi) is 6.26. The summed E-state index contributed by atoms with van der Waals surface area (Å²) in [7, 11) is 3.27. The number of methoxy groups -OCH3 is 2. The number of esters is 1. The Labute approximate surface area is 182 Å². The minimum atomic E-state index is -0.0793. The zero-order chi connectivity index (χ0) is 21.8. The summed E-state index contributed by atoms with van der Waals surface area (Å²) < 4.78 is 16.0. The number of para-hydroxylation sites is 1. The van der Waals surface area contributed by atoms with Crippen molar-refractivity contribution in [3.8, 4) is 22.6 Å². The van der Waals surface area contributed by atoms with Crippen molar-refractivity contribution in [1.82, 2.24) is 4.98 Å². The molecule has 0 saturated carbocycles. The van der Waals surface area contributed by atoms with Gasteiger partial charge in [-0.25, -0.2) is 4.98 Å². The van der Waals surface area contributed by atoms with E-state index < -0.39 is 0 Å². The predicted molar refractivity (Wildman–Crippen MR) is 122 cm³/mol. The standard InChI is InChI=1S/C25H28N2O4/c1-4-31-25(28)18-12-14-27(15-13-18)23-11-9-17-6-5-7-20(24(17)26-23)19-8-10-21(29-2)22(16-19)30-3/h5-11,16,18H,4,12-15H2,1-3H3. The molecule has 0 aliphatic carbocycles. The Morgan fingerprint density at radius 2 is 1.81 bits per heavy atom. The Morgan fingerprint density at radius 1 is 1.03 bits per heavy atom. The number of piperidine rings is 1. The number of carbonyl (C=O) groups excluding carboxylic acids is 1. The molecule has 0 N–H and O–H groups in total. The molecule has 0 spiro atoms. The monoisotopic (exact) mass is 420 g/mol. The molecule has 1 aromatic heterocycles. The van der Waals surface area contributed by atoms with Crippen LogP contribution in [-0.2, 0) is 9.53 Å². The van der Waals surface area contributed by atoms with Crippen molar-refractivity contribution in [2.24, 2.45) is 5.92 Å². The van der Waals surface area contributed by atoms with Gasteiger partial charge in [-0.05, 0) is 49.6 Å². The zero-order valence-electron chi connectivity index (χ0n) is 18.3. The van der Waals surface area contributed by atoms with Crippen molar-refractivity contribution in [2.75, 3.05) is 38.8 Å². The molecule has 1 saturated heterocycles. The van der Waals surface area contributed by atoms with Gasteiger partial charge in [0, 0.05) is 24.0 Å². The van der Waals surface area contributed by atoms with Gasteiger partial charge in [-0.2, -0.15) is 0 Å². The van der Waals surface area contributed by atoms with Crippen LogP contribution in [0.3, 0.4) is 0 Å². The topological polar surface area (TPSA) is 60.9 Å². The molecule has 31 heavy (non-hydrogen) atoms. The molecule has 3 aromatic rings.